The van der Waals surface area contributed by atoms with Crippen molar-refractivity contribution in [3.8, 4) is 5.69 Å². The molecule has 1 aromatic heterocycles. The second-order valence-electron chi connectivity index (χ2n) is 8.20. The van der Waals surface area contributed by atoms with E-state index in [1.165, 1.54) is 70.0 Å². The lowest BCUT2D eigenvalue weighted by Crippen LogP contribution is -2.06. The van der Waals surface area contributed by atoms with Crippen molar-refractivity contribution in [3.05, 3.63) is 102 Å². The number of nitrogens with one attached hydrogen (secondary N) is 1. The molecule has 1 aliphatic rings. The van der Waals surface area contributed by atoms with Gasteiger partial charge < -0.3 is 9.88 Å². The Morgan fingerprint density at radius 2 is 1.43 bits per heavy atom. The molecule has 1 aliphatic carbocycles. The molecule has 0 saturated heterocycles. The van der Waals surface area contributed by atoms with Gasteiger partial charge in [-0.3, -0.25) is 0 Å². The molecule has 1 N–H and O–H groups in total. The lowest BCUT2D eigenvalue weighted by molar-refractivity contribution is 0.687. The zero-order valence-corrected chi connectivity index (χ0v) is 16.9. The molecule has 2 heteroatoms. The smallest absolute Gasteiger partial charge is 0.0561 e. The summed E-state index contributed by atoms with van der Waals surface area (Å²) < 4.78 is 2.37. The fraction of sp³-hybridized carbons (Fsp3) is 0.143. The third-order valence-corrected chi connectivity index (χ3v) is 6.36. The summed E-state index contributed by atoms with van der Waals surface area (Å²) in [4.78, 5) is 0. The van der Waals surface area contributed by atoms with Crippen molar-refractivity contribution in [2.24, 2.45) is 0 Å². The van der Waals surface area contributed by atoms with Crippen LogP contribution in [0.4, 0.5) is 11.4 Å². The van der Waals surface area contributed by atoms with E-state index in [-0.39, 0.29) is 0 Å². The Labute approximate surface area is 176 Å². The highest BCUT2D eigenvalue weighted by molar-refractivity contribution is 6.10. The van der Waals surface area contributed by atoms with Crippen molar-refractivity contribution < 1.29 is 0 Å². The number of benzene rings is 4. The molecule has 2 nitrogen and oxygen atoms in total. The molecule has 0 radical (unpaired) electrons. The van der Waals surface area contributed by atoms with Crippen LogP contribution in [0.25, 0.3) is 27.5 Å². The number of nitrogens with zero attached hydrogens (tertiary/aromatic N) is 1. The normalized spacial score (nSPS) is 13.5. The average Bonchev–Trinajstić information content (AvgIpc) is 3.13. The summed E-state index contributed by atoms with van der Waals surface area (Å²) in [5, 5.41) is 6.31. The van der Waals surface area contributed by atoms with Crippen molar-refractivity contribution in [3.63, 3.8) is 0 Å². The third kappa shape index (κ3) is 2.80. The molecule has 0 bridgehead atoms. The van der Waals surface area contributed by atoms with Gasteiger partial charge in [-0.1, -0.05) is 54.6 Å². The molecule has 1 heterocycles. The van der Waals surface area contributed by atoms with Gasteiger partial charge >= 0.3 is 0 Å². The average molecular weight is 389 g/mol. The minimum Gasteiger partial charge on any atom is -0.355 e. The van der Waals surface area contributed by atoms with Gasteiger partial charge in [-0.2, -0.15) is 0 Å². The van der Waals surface area contributed by atoms with Crippen LogP contribution in [0.3, 0.4) is 0 Å². The van der Waals surface area contributed by atoms with Gasteiger partial charge in [0.05, 0.1) is 11.0 Å². The summed E-state index contributed by atoms with van der Waals surface area (Å²) >= 11 is 0. The molecular weight excluding hydrogens is 364 g/mol. The first-order chi connectivity index (χ1) is 14.9. The molecular formula is C28H24N2. The monoisotopic (exact) mass is 388 g/mol. The maximum atomic E-state index is 3.73. The molecule has 4 aromatic carbocycles. The molecule has 0 spiro atoms. The van der Waals surface area contributed by atoms with E-state index in [4.69, 9.17) is 0 Å². The second-order valence-corrected chi connectivity index (χ2v) is 8.20. The molecule has 0 fully saturated rings. The van der Waals surface area contributed by atoms with Crippen LogP contribution >= 0.6 is 0 Å². The molecule has 0 amide bonds. The summed E-state index contributed by atoms with van der Waals surface area (Å²) in [6.45, 7) is 0. The van der Waals surface area contributed by atoms with Crippen molar-refractivity contribution >= 4 is 33.2 Å². The molecule has 6 rings (SSSR count). The van der Waals surface area contributed by atoms with Gasteiger partial charge in [0.15, 0.2) is 0 Å². The van der Waals surface area contributed by atoms with Crippen LogP contribution in [0.5, 0.6) is 0 Å². The van der Waals surface area contributed by atoms with Crippen LogP contribution in [0, 0.1) is 0 Å². The van der Waals surface area contributed by atoms with Crippen molar-refractivity contribution in [2.45, 2.75) is 25.7 Å². The maximum Gasteiger partial charge on any atom is 0.0561 e. The highest BCUT2D eigenvalue weighted by Crippen LogP contribution is 2.35. The Morgan fingerprint density at radius 3 is 2.37 bits per heavy atom. The molecule has 5 aromatic rings. The Kier molecular flexibility index (Phi) is 4.09. The van der Waals surface area contributed by atoms with Gasteiger partial charge in [0.2, 0.25) is 0 Å². The van der Waals surface area contributed by atoms with Gasteiger partial charge in [-0.15, -0.1) is 0 Å². The first kappa shape index (κ1) is 17.3. The predicted molar refractivity (Wildman–Crippen MR) is 127 cm³/mol. The number of hydrogen-bond acceptors (Lipinski definition) is 1. The molecule has 0 saturated carbocycles. The van der Waals surface area contributed by atoms with Crippen LogP contribution < -0.4 is 5.32 Å². The molecule has 0 unspecified atom stereocenters. The van der Waals surface area contributed by atoms with E-state index in [9.17, 15) is 0 Å². The van der Waals surface area contributed by atoms with Crippen molar-refractivity contribution in [1.82, 2.24) is 4.57 Å². The van der Waals surface area contributed by atoms with Gasteiger partial charge in [0.1, 0.15) is 0 Å². The van der Waals surface area contributed by atoms with Crippen LogP contribution in [0.2, 0.25) is 0 Å². The lowest BCUT2D eigenvalue weighted by Gasteiger charge is -2.20. The first-order valence-electron chi connectivity index (χ1n) is 10.8. The Balaban J connectivity index is 1.52. The summed E-state index contributed by atoms with van der Waals surface area (Å²) in [7, 11) is 0. The van der Waals surface area contributed by atoms with Gasteiger partial charge in [-0.05, 0) is 73.2 Å². The zero-order chi connectivity index (χ0) is 19.9. The fourth-order valence-corrected chi connectivity index (χ4v) is 4.96. The number of anilines is 2. The quantitative estimate of drug-likeness (QED) is 0.340. The predicted octanol–water partition coefficient (Wildman–Crippen LogP) is 7.41. The van der Waals surface area contributed by atoms with E-state index in [1.54, 1.807) is 0 Å². The van der Waals surface area contributed by atoms with E-state index in [1.807, 2.05) is 0 Å². The Morgan fingerprint density at radius 1 is 0.633 bits per heavy atom. The van der Waals surface area contributed by atoms with Crippen molar-refractivity contribution in [2.75, 3.05) is 5.32 Å². The van der Waals surface area contributed by atoms with E-state index in [2.05, 4.69) is 101 Å². The number of para-hydroxylation sites is 2. The molecule has 0 aliphatic heterocycles. The van der Waals surface area contributed by atoms with E-state index in [0.717, 1.165) is 5.69 Å². The number of hydrogen-bond donors (Lipinski definition) is 1. The standard InChI is InChI=1S/C28H24N2/c1-2-11-22(12-3-1)30-27-16-7-6-14-24(27)25-18-17-21(19-28(25)30)29-26-15-8-10-20-9-4-5-13-23(20)26/h1-3,6-8,10-12,14-19,29H,4-5,9,13H2. The number of aryl methyl sites for hydroxylation is 1. The largest absolute Gasteiger partial charge is 0.355 e. The summed E-state index contributed by atoms with van der Waals surface area (Å²) in [6, 6.07) is 32.8. The molecule has 146 valence electrons. The second kappa shape index (κ2) is 7.07. The maximum absolute atomic E-state index is 3.73. The first-order valence-corrected chi connectivity index (χ1v) is 10.8. The van der Waals surface area contributed by atoms with Gasteiger partial charge in [0, 0.05) is 27.8 Å². The molecule has 0 atom stereocenters. The Hall–Kier alpha value is -3.52. The van der Waals surface area contributed by atoms with E-state index >= 15 is 0 Å². The van der Waals surface area contributed by atoms with Crippen LogP contribution in [-0.2, 0) is 12.8 Å². The summed E-state index contributed by atoms with van der Waals surface area (Å²) in [5.74, 6) is 0. The fourth-order valence-electron chi connectivity index (χ4n) is 4.96. The number of fused-ring (bicyclic) bond motifs is 4. The molecule has 30 heavy (non-hydrogen) atoms. The van der Waals surface area contributed by atoms with E-state index < -0.39 is 0 Å². The van der Waals surface area contributed by atoms with Crippen LogP contribution in [0.1, 0.15) is 24.0 Å². The topological polar surface area (TPSA) is 17.0 Å². The van der Waals surface area contributed by atoms with Crippen molar-refractivity contribution in [1.29, 1.82) is 0 Å². The third-order valence-electron chi connectivity index (χ3n) is 6.36. The lowest BCUT2D eigenvalue weighted by atomic mass is 9.90. The SMILES string of the molecule is c1ccc(-n2c3ccccc3c3ccc(Nc4cccc5c4CCCC5)cc32)cc1. The van der Waals surface area contributed by atoms with E-state index in [0.29, 0.717) is 0 Å². The van der Waals surface area contributed by atoms with Crippen LogP contribution in [-0.4, -0.2) is 4.57 Å². The number of aromatic nitrogens is 1. The number of rotatable bonds is 3. The minimum atomic E-state index is 1.14. The highest BCUT2D eigenvalue weighted by atomic mass is 15.0. The minimum absolute atomic E-state index is 1.14. The zero-order valence-electron chi connectivity index (χ0n) is 16.9. The summed E-state index contributed by atoms with van der Waals surface area (Å²) in [5.41, 5.74) is 9.07. The summed E-state index contributed by atoms with van der Waals surface area (Å²) in [6.07, 6.45) is 4.96. The van der Waals surface area contributed by atoms with Gasteiger partial charge in [-0.25, -0.2) is 0 Å². The van der Waals surface area contributed by atoms with Crippen LogP contribution in [0.15, 0.2) is 91.0 Å². The highest BCUT2D eigenvalue weighted by Gasteiger charge is 2.15. The Bertz CT molecular complexity index is 1360. The van der Waals surface area contributed by atoms with Gasteiger partial charge in [0.25, 0.3) is 0 Å².